The maximum absolute atomic E-state index is 10.9. The Balaban J connectivity index is 2.35. The molecule has 0 amide bonds. The van der Waals surface area contributed by atoms with E-state index < -0.39 is 12.3 Å². The van der Waals surface area contributed by atoms with Crippen LogP contribution in [-0.4, -0.2) is 12.3 Å². The number of rotatable bonds is 6. The molecule has 0 fully saturated rings. The fraction of sp³-hybridized carbons (Fsp3) is 0.167. The minimum Gasteiger partial charge on any atom is -0.459 e. The highest BCUT2D eigenvalue weighted by atomic mass is 16.7. The number of hydrogen-bond acceptors (Lipinski definition) is 7. The lowest BCUT2D eigenvalue weighted by Crippen LogP contribution is -2.03. The molecule has 0 radical (unpaired) electrons. The Labute approximate surface area is 109 Å². The maximum atomic E-state index is 10.9. The van der Waals surface area contributed by atoms with E-state index in [0.29, 0.717) is 11.5 Å². The SMILES string of the molecule is C=COC(=O)OCc1ccc(COC(=O)OC=C)o1. The van der Waals surface area contributed by atoms with Crippen molar-refractivity contribution < 1.29 is 33.0 Å². The number of carbonyl (C=O) groups is 2. The zero-order chi connectivity index (χ0) is 14.1. The van der Waals surface area contributed by atoms with Crippen LogP contribution in [0.15, 0.2) is 42.2 Å². The van der Waals surface area contributed by atoms with Crippen LogP contribution in [0, 0.1) is 0 Å². The van der Waals surface area contributed by atoms with Crippen LogP contribution < -0.4 is 0 Å². The van der Waals surface area contributed by atoms with Gasteiger partial charge in [-0.05, 0) is 12.1 Å². The van der Waals surface area contributed by atoms with Crippen LogP contribution in [0.3, 0.4) is 0 Å². The quantitative estimate of drug-likeness (QED) is 0.579. The second-order valence-electron chi connectivity index (χ2n) is 3.01. The van der Waals surface area contributed by atoms with Crippen molar-refractivity contribution >= 4 is 12.3 Å². The van der Waals surface area contributed by atoms with Crippen LogP contribution in [0.5, 0.6) is 0 Å². The molecule has 0 spiro atoms. The molecule has 1 aromatic heterocycles. The highest BCUT2D eigenvalue weighted by Gasteiger charge is 2.09. The van der Waals surface area contributed by atoms with Crippen LogP contribution in [0.25, 0.3) is 0 Å². The third kappa shape index (κ3) is 5.44. The molecule has 0 N–H and O–H groups in total. The van der Waals surface area contributed by atoms with Gasteiger partial charge in [-0.2, -0.15) is 0 Å². The van der Waals surface area contributed by atoms with Crippen LogP contribution in [0.1, 0.15) is 11.5 Å². The van der Waals surface area contributed by atoms with Crippen molar-refractivity contribution in [3.63, 3.8) is 0 Å². The zero-order valence-corrected chi connectivity index (χ0v) is 10.00. The van der Waals surface area contributed by atoms with Crippen molar-refractivity contribution in [2.75, 3.05) is 0 Å². The molecule has 102 valence electrons. The molecule has 0 saturated heterocycles. The predicted octanol–water partition coefficient (Wildman–Crippen LogP) is 2.87. The number of furan rings is 1. The van der Waals surface area contributed by atoms with Gasteiger partial charge in [-0.1, -0.05) is 13.2 Å². The average molecular weight is 268 g/mol. The van der Waals surface area contributed by atoms with Gasteiger partial charge in [0, 0.05) is 0 Å². The maximum Gasteiger partial charge on any atom is 0.513 e. The molecule has 0 aliphatic heterocycles. The summed E-state index contributed by atoms with van der Waals surface area (Å²) in [7, 11) is 0. The minimum atomic E-state index is -0.890. The smallest absolute Gasteiger partial charge is 0.459 e. The van der Waals surface area contributed by atoms with Gasteiger partial charge in [0.2, 0.25) is 0 Å². The fourth-order valence-corrected chi connectivity index (χ4v) is 1.04. The Kier molecular flexibility index (Phi) is 5.74. The Morgan fingerprint density at radius 3 is 1.79 bits per heavy atom. The molecule has 1 aromatic rings. The van der Waals surface area contributed by atoms with E-state index in [1.54, 1.807) is 12.1 Å². The van der Waals surface area contributed by atoms with Gasteiger partial charge in [0.05, 0.1) is 12.5 Å². The lowest BCUT2D eigenvalue weighted by molar-refractivity contribution is 0.0665. The Bertz CT molecular complexity index is 420. The first kappa shape index (κ1) is 14.4. The molecular formula is C12H12O7. The van der Waals surface area contributed by atoms with E-state index in [4.69, 9.17) is 4.42 Å². The van der Waals surface area contributed by atoms with Crippen LogP contribution in [0.4, 0.5) is 9.59 Å². The van der Waals surface area contributed by atoms with Gasteiger partial charge in [-0.25, -0.2) is 9.59 Å². The van der Waals surface area contributed by atoms with Gasteiger partial charge in [0.1, 0.15) is 11.5 Å². The number of carbonyl (C=O) groups excluding carboxylic acids is 2. The largest absolute Gasteiger partial charge is 0.513 e. The van der Waals surface area contributed by atoms with Crippen molar-refractivity contribution in [3.05, 3.63) is 49.3 Å². The van der Waals surface area contributed by atoms with Gasteiger partial charge in [0.15, 0.2) is 13.2 Å². The molecule has 0 bridgehead atoms. The van der Waals surface area contributed by atoms with E-state index in [-0.39, 0.29) is 13.2 Å². The summed E-state index contributed by atoms with van der Waals surface area (Å²) in [6.07, 6.45) is 0.127. The van der Waals surface area contributed by atoms with Crippen molar-refractivity contribution in [3.8, 4) is 0 Å². The molecule has 1 heterocycles. The summed E-state index contributed by atoms with van der Waals surface area (Å²) in [5.41, 5.74) is 0. The summed E-state index contributed by atoms with van der Waals surface area (Å²) in [4.78, 5) is 21.7. The van der Waals surface area contributed by atoms with Crippen molar-refractivity contribution in [2.24, 2.45) is 0 Å². The van der Waals surface area contributed by atoms with E-state index in [0.717, 1.165) is 12.5 Å². The highest BCUT2D eigenvalue weighted by molar-refractivity contribution is 5.60. The lowest BCUT2D eigenvalue weighted by atomic mass is 10.4. The van der Waals surface area contributed by atoms with E-state index in [1.807, 2.05) is 0 Å². The van der Waals surface area contributed by atoms with E-state index in [9.17, 15) is 9.59 Å². The molecule has 0 aliphatic rings. The molecule has 0 aliphatic carbocycles. The molecule has 0 unspecified atom stereocenters. The second kappa shape index (κ2) is 7.59. The summed E-state index contributed by atoms with van der Waals surface area (Å²) >= 11 is 0. The van der Waals surface area contributed by atoms with Crippen LogP contribution in [0.2, 0.25) is 0 Å². The van der Waals surface area contributed by atoms with Crippen molar-refractivity contribution in [2.45, 2.75) is 13.2 Å². The molecule has 0 aromatic carbocycles. The minimum absolute atomic E-state index is 0.107. The van der Waals surface area contributed by atoms with E-state index in [1.165, 1.54) is 0 Å². The zero-order valence-electron chi connectivity index (χ0n) is 10.00. The van der Waals surface area contributed by atoms with Gasteiger partial charge in [0.25, 0.3) is 0 Å². The summed E-state index contributed by atoms with van der Waals surface area (Å²) in [5.74, 6) is 0.744. The molecule has 7 nitrogen and oxygen atoms in total. The van der Waals surface area contributed by atoms with Crippen molar-refractivity contribution in [1.82, 2.24) is 0 Å². The second-order valence-corrected chi connectivity index (χ2v) is 3.01. The average Bonchev–Trinajstić information content (AvgIpc) is 2.83. The standard InChI is InChI=1S/C12H12O7/c1-3-15-11(13)17-7-9-5-6-10(19-9)8-18-12(14)16-4-2/h3-6H,1-2,7-8H2. The highest BCUT2D eigenvalue weighted by Crippen LogP contribution is 2.11. The third-order valence-corrected chi connectivity index (χ3v) is 1.74. The summed E-state index contributed by atoms with van der Waals surface area (Å²) in [6, 6.07) is 3.14. The lowest BCUT2D eigenvalue weighted by Gasteiger charge is -2.01. The summed E-state index contributed by atoms with van der Waals surface area (Å²) in [5, 5.41) is 0. The van der Waals surface area contributed by atoms with Crippen LogP contribution in [-0.2, 0) is 32.2 Å². The molecular weight excluding hydrogens is 256 g/mol. The van der Waals surface area contributed by atoms with Crippen molar-refractivity contribution in [1.29, 1.82) is 0 Å². The van der Waals surface area contributed by atoms with Gasteiger partial charge >= 0.3 is 12.3 Å². The fourth-order valence-electron chi connectivity index (χ4n) is 1.04. The first-order valence-corrected chi connectivity index (χ1v) is 5.12. The van der Waals surface area contributed by atoms with E-state index >= 15 is 0 Å². The first-order chi connectivity index (χ1) is 9.15. The first-order valence-electron chi connectivity index (χ1n) is 5.12. The Morgan fingerprint density at radius 1 is 1.00 bits per heavy atom. The predicted molar refractivity (Wildman–Crippen MR) is 61.6 cm³/mol. The summed E-state index contributed by atoms with van der Waals surface area (Å²) < 4.78 is 23.3. The number of hydrogen-bond donors (Lipinski definition) is 0. The Morgan fingerprint density at radius 2 is 1.42 bits per heavy atom. The number of ether oxygens (including phenoxy) is 4. The topological polar surface area (TPSA) is 84.2 Å². The normalized spacial score (nSPS) is 9.26. The molecule has 19 heavy (non-hydrogen) atoms. The van der Waals surface area contributed by atoms with Gasteiger partial charge < -0.3 is 23.4 Å². The van der Waals surface area contributed by atoms with Gasteiger partial charge in [-0.3, -0.25) is 0 Å². The molecule has 0 saturated carbocycles. The summed E-state index contributed by atoms with van der Waals surface area (Å²) in [6.45, 7) is 6.19. The van der Waals surface area contributed by atoms with Crippen LogP contribution >= 0.6 is 0 Å². The third-order valence-electron chi connectivity index (χ3n) is 1.74. The molecule has 1 rings (SSSR count). The van der Waals surface area contributed by atoms with Gasteiger partial charge in [-0.15, -0.1) is 0 Å². The monoisotopic (exact) mass is 268 g/mol. The molecule has 7 heteroatoms. The van der Waals surface area contributed by atoms with E-state index in [2.05, 4.69) is 32.1 Å². The Hall–Kier alpha value is -2.70. The molecule has 0 atom stereocenters.